The van der Waals surface area contributed by atoms with E-state index < -0.39 is 5.66 Å². The molecule has 2 aromatic rings. The number of anilines is 2. The fourth-order valence-corrected chi connectivity index (χ4v) is 3.97. The van der Waals surface area contributed by atoms with Crippen LogP contribution in [0.2, 0.25) is 0 Å². The van der Waals surface area contributed by atoms with Gasteiger partial charge in [0.15, 0.2) is 5.78 Å². The van der Waals surface area contributed by atoms with Crippen LogP contribution in [0, 0.1) is 5.92 Å². The molecule has 0 spiro atoms. The summed E-state index contributed by atoms with van der Waals surface area (Å²) in [5.74, 6) is -0.224. The summed E-state index contributed by atoms with van der Waals surface area (Å²) in [6.07, 6.45) is 3.63. The highest BCUT2D eigenvalue weighted by atomic mass is 16.2. The van der Waals surface area contributed by atoms with Gasteiger partial charge >= 0.3 is 0 Å². The zero-order chi connectivity index (χ0) is 20.9. The Morgan fingerprint density at radius 3 is 2.10 bits per heavy atom. The summed E-state index contributed by atoms with van der Waals surface area (Å²) in [4.78, 5) is 25.0. The van der Waals surface area contributed by atoms with E-state index in [1.807, 2.05) is 48.5 Å². The van der Waals surface area contributed by atoms with Crippen molar-refractivity contribution in [3.8, 4) is 0 Å². The minimum atomic E-state index is -0.758. The van der Waals surface area contributed by atoms with Gasteiger partial charge in [-0.05, 0) is 37.5 Å². The van der Waals surface area contributed by atoms with Crippen LogP contribution in [-0.2, 0) is 10.5 Å². The predicted octanol–water partition coefficient (Wildman–Crippen LogP) is 4.91. The molecule has 1 amide bonds. The van der Waals surface area contributed by atoms with E-state index in [4.69, 9.17) is 0 Å². The van der Waals surface area contributed by atoms with Crippen molar-refractivity contribution < 1.29 is 9.59 Å². The molecule has 0 saturated heterocycles. The quantitative estimate of drug-likeness (QED) is 0.529. The maximum Gasteiger partial charge on any atom is 0.227 e. The molecule has 2 aromatic carbocycles. The second kappa shape index (κ2) is 9.12. The minimum Gasteiger partial charge on any atom is -0.357 e. The van der Waals surface area contributed by atoms with Crippen LogP contribution in [0.1, 0.15) is 62.4 Å². The molecule has 1 atom stereocenters. The highest BCUT2D eigenvalue weighted by Gasteiger charge is 2.47. The SMILES string of the molecule is CCCCC(C(=O)NCCC)C1(c2ccc(C(C)=O)cc2)Nc2ccccc2N1. The second-order valence-electron chi connectivity index (χ2n) is 7.72. The van der Waals surface area contributed by atoms with E-state index in [-0.39, 0.29) is 17.6 Å². The number of fused-ring (bicyclic) bond motifs is 1. The highest BCUT2D eigenvalue weighted by Crippen LogP contribution is 2.45. The predicted molar refractivity (Wildman–Crippen MR) is 118 cm³/mol. The van der Waals surface area contributed by atoms with Crippen LogP contribution >= 0.6 is 0 Å². The zero-order valence-corrected chi connectivity index (χ0v) is 17.5. The lowest BCUT2D eigenvalue weighted by atomic mass is 9.81. The smallest absolute Gasteiger partial charge is 0.227 e. The van der Waals surface area contributed by atoms with Crippen molar-refractivity contribution in [1.29, 1.82) is 0 Å². The molecule has 1 heterocycles. The Balaban J connectivity index is 2.06. The van der Waals surface area contributed by atoms with E-state index in [1.165, 1.54) is 0 Å². The molecule has 5 nitrogen and oxygen atoms in total. The maximum absolute atomic E-state index is 13.3. The van der Waals surface area contributed by atoms with Gasteiger partial charge in [-0.3, -0.25) is 9.59 Å². The van der Waals surface area contributed by atoms with Crippen molar-refractivity contribution in [3.05, 3.63) is 59.7 Å². The number of Topliss-reactive ketones (excluding diaryl/α,β-unsaturated/α-hetero) is 1. The van der Waals surface area contributed by atoms with E-state index in [1.54, 1.807) is 6.92 Å². The Hall–Kier alpha value is -2.82. The topological polar surface area (TPSA) is 70.2 Å². The van der Waals surface area contributed by atoms with Crippen LogP contribution in [0.3, 0.4) is 0 Å². The Bertz CT molecular complexity index is 836. The lowest BCUT2D eigenvalue weighted by molar-refractivity contribution is -0.126. The first kappa shape index (κ1) is 20.9. The molecule has 154 valence electrons. The normalized spacial score (nSPS) is 15.0. The molecule has 0 aliphatic carbocycles. The van der Waals surface area contributed by atoms with Gasteiger partial charge in [-0.2, -0.15) is 0 Å². The molecule has 3 N–H and O–H groups in total. The van der Waals surface area contributed by atoms with Crippen LogP contribution in [0.25, 0.3) is 0 Å². The van der Waals surface area contributed by atoms with Gasteiger partial charge in [0.05, 0.1) is 17.3 Å². The van der Waals surface area contributed by atoms with Gasteiger partial charge in [0.1, 0.15) is 5.66 Å². The molecule has 3 rings (SSSR count). The molecule has 1 unspecified atom stereocenters. The average molecular weight is 394 g/mol. The standard InChI is InChI=1S/C24H31N3O2/c1-4-6-9-20(23(29)25-16-5-2)24(19-14-12-18(13-15-19)17(3)28)26-21-10-7-8-11-22(21)27-24/h7-8,10-15,20,26-27H,4-6,9,16H2,1-3H3,(H,25,29). The Labute approximate surface area is 173 Å². The minimum absolute atomic E-state index is 0.0319. The Morgan fingerprint density at radius 2 is 1.59 bits per heavy atom. The van der Waals surface area contributed by atoms with Crippen molar-refractivity contribution >= 4 is 23.1 Å². The summed E-state index contributed by atoms with van der Waals surface area (Å²) in [5, 5.41) is 10.3. The Morgan fingerprint density at radius 1 is 0.966 bits per heavy atom. The van der Waals surface area contributed by atoms with Crippen molar-refractivity contribution in [2.45, 2.75) is 52.1 Å². The number of carbonyl (C=O) groups is 2. The van der Waals surface area contributed by atoms with Gasteiger partial charge in [0, 0.05) is 12.1 Å². The molecule has 0 radical (unpaired) electrons. The van der Waals surface area contributed by atoms with Crippen LogP contribution in [-0.4, -0.2) is 18.2 Å². The summed E-state index contributed by atoms with van der Waals surface area (Å²) in [6.45, 7) is 6.42. The molecular formula is C24H31N3O2. The van der Waals surface area contributed by atoms with Crippen LogP contribution in [0.4, 0.5) is 11.4 Å². The number of rotatable bonds is 9. The number of amides is 1. The van der Waals surface area contributed by atoms with Crippen molar-refractivity contribution in [1.82, 2.24) is 5.32 Å². The molecule has 0 fully saturated rings. The summed E-state index contributed by atoms with van der Waals surface area (Å²) in [5.41, 5.74) is 2.82. The Kier molecular flexibility index (Phi) is 6.57. The number of carbonyl (C=O) groups excluding carboxylic acids is 2. The van der Waals surface area contributed by atoms with Gasteiger partial charge in [-0.15, -0.1) is 0 Å². The zero-order valence-electron chi connectivity index (χ0n) is 17.5. The van der Waals surface area contributed by atoms with Crippen LogP contribution in [0.5, 0.6) is 0 Å². The number of benzene rings is 2. The van der Waals surface area contributed by atoms with Gasteiger partial charge in [-0.25, -0.2) is 0 Å². The molecule has 29 heavy (non-hydrogen) atoms. The number of hydrogen-bond acceptors (Lipinski definition) is 4. The molecule has 0 saturated carbocycles. The average Bonchev–Trinajstić information content (AvgIpc) is 3.13. The van der Waals surface area contributed by atoms with Gasteiger partial charge in [0.25, 0.3) is 0 Å². The number of para-hydroxylation sites is 2. The molecule has 1 aliphatic heterocycles. The number of ketones is 1. The third-order valence-corrected chi connectivity index (χ3v) is 5.57. The third-order valence-electron chi connectivity index (χ3n) is 5.57. The largest absolute Gasteiger partial charge is 0.357 e. The van der Waals surface area contributed by atoms with E-state index >= 15 is 0 Å². The van der Waals surface area contributed by atoms with E-state index in [9.17, 15) is 9.59 Å². The van der Waals surface area contributed by atoms with E-state index in [0.717, 1.165) is 42.6 Å². The second-order valence-corrected chi connectivity index (χ2v) is 7.72. The molecular weight excluding hydrogens is 362 g/mol. The summed E-state index contributed by atoms with van der Waals surface area (Å²) < 4.78 is 0. The number of nitrogens with one attached hydrogen (secondary N) is 3. The summed E-state index contributed by atoms with van der Waals surface area (Å²) in [7, 11) is 0. The molecule has 1 aliphatic rings. The third kappa shape index (κ3) is 4.29. The van der Waals surface area contributed by atoms with E-state index in [0.29, 0.717) is 12.1 Å². The van der Waals surface area contributed by atoms with Crippen molar-refractivity contribution in [2.75, 3.05) is 17.2 Å². The maximum atomic E-state index is 13.3. The molecule has 0 aromatic heterocycles. The fraction of sp³-hybridized carbons (Fsp3) is 0.417. The van der Waals surface area contributed by atoms with Gasteiger partial charge < -0.3 is 16.0 Å². The summed E-state index contributed by atoms with van der Waals surface area (Å²) >= 11 is 0. The van der Waals surface area contributed by atoms with Crippen LogP contribution in [0.15, 0.2) is 48.5 Å². The lowest BCUT2D eigenvalue weighted by Crippen LogP contribution is -2.52. The van der Waals surface area contributed by atoms with Gasteiger partial charge in [-0.1, -0.05) is 63.1 Å². The van der Waals surface area contributed by atoms with Crippen molar-refractivity contribution in [2.24, 2.45) is 5.92 Å². The van der Waals surface area contributed by atoms with E-state index in [2.05, 4.69) is 29.8 Å². The first-order valence-corrected chi connectivity index (χ1v) is 10.6. The molecule has 0 bridgehead atoms. The monoisotopic (exact) mass is 393 g/mol. The lowest BCUT2D eigenvalue weighted by Gasteiger charge is -2.38. The van der Waals surface area contributed by atoms with Crippen LogP contribution < -0.4 is 16.0 Å². The van der Waals surface area contributed by atoms with Gasteiger partial charge in [0.2, 0.25) is 5.91 Å². The number of unbranched alkanes of at least 4 members (excludes halogenated alkanes) is 1. The number of hydrogen-bond donors (Lipinski definition) is 3. The first-order chi connectivity index (χ1) is 14.0. The fourth-order valence-electron chi connectivity index (χ4n) is 3.97. The highest BCUT2D eigenvalue weighted by molar-refractivity contribution is 5.94. The van der Waals surface area contributed by atoms with Crippen molar-refractivity contribution in [3.63, 3.8) is 0 Å². The first-order valence-electron chi connectivity index (χ1n) is 10.6. The molecule has 5 heteroatoms. The summed E-state index contributed by atoms with van der Waals surface area (Å²) in [6, 6.07) is 15.6.